The summed E-state index contributed by atoms with van der Waals surface area (Å²) >= 11 is 6.57. The molecule has 3 aromatic heterocycles. The highest BCUT2D eigenvalue weighted by Crippen LogP contribution is 2.32. The molecule has 0 aliphatic carbocycles. The lowest BCUT2D eigenvalue weighted by Crippen LogP contribution is -2.52. The van der Waals surface area contributed by atoms with E-state index in [2.05, 4.69) is 31.2 Å². The Hall–Kier alpha value is -6.99. The van der Waals surface area contributed by atoms with Crippen molar-refractivity contribution in [3.8, 4) is 5.69 Å². The summed E-state index contributed by atoms with van der Waals surface area (Å²) < 4.78 is 21.4. The first-order valence-corrected chi connectivity index (χ1v) is 21.0. The number of morpholine rings is 1. The molecule has 1 unspecified atom stereocenters. The molecule has 3 aromatic carbocycles. The Labute approximate surface area is 363 Å². The maximum atomic E-state index is 14.2. The highest BCUT2D eigenvalue weighted by molar-refractivity contribution is 6.34. The Morgan fingerprint density at radius 2 is 1.83 bits per heavy atom. The zero-order valence-corrected chi connectivity index (χ0v) is 34.6. The molecule has 2 fully saturated rings. The second kappa shape index (κ2) is 17.8. The fraction of sp³-hybridized carbons (Fsp3) is 0.326. The molecule has 3 aliphatic heterocycles. The van der Waals surface area contributed by atoms with Crippen LogP contribution in [0.1, 0.15) is 59.4 Å². The van der Waals surface area contributed by atoms with Gasteiger partial charge in [0.2, 0.25) is 29.6 Å². The van der Waals surface area contributed by atoms with E-state index in [1.807, 2.05) is 17.0 Å². The second-order valence-electron chi connectivity index (χ2n) is 15.5. The minimum absolute atomic E-state index is 0.187. The van der Waals surface area contributed by atoms with Gasteiger partial charge in [0.25, 0.3) is 5.91 Å². The van der Waals surface area contributed by atoms with Gasteiger partial charge < -0.3 is 35.5 Å². The number of hydrogen-bond donors (Lipinski definition) is 5. The molecule has 5 amide bonds. The first kappa shape index (κ1) is 41.4. The highest BCUT2D eigenvalue weighted by Gasteiger charge is 2.39. The smallest absolute Gasteiger partial charge is 0.255 e. The first-order chi connectivity index (χ1) is 30.6. The highest BCUT2D eigenvalue weighted by atomic mass is 35.5. The summed E-state index contributed by atoms with van der Waals surface area (Å²) in [6.07, 6.45) is 4.11. The molecule has 6 aromatic rings. The van der Waals surface area contributed by atoms with Crippen molar-refractivity contribution in [1.29, 1.82) is 0 Å². The van der Waals surface area contributed by atoms with E-state index >= 15 is 0 Å². The largest absolute Gasteiger partial charge is 0.378 e. The van der Waals surface area contributed by atoms with Crippen LogP contribution in [0.25, 0.3) is 27.9 Å². The first-order valence-electron chi connectivity index (χ1n) is 20.7. The number of H-pyrrole nitrogens is 1. The van der Waals surface area contributed by atoms with Gasteiger partial charge in [0.15, 0.2) is 17.0 Å². The van der Waals surface area contributed by atoms with E-state index in [0.29, 0.717) is 115 Å². The molecule has 0 saturated carbocycles. The molecule has 1 atom stereocenters. The average Bonchev–Trinajstić information content (AvgIpc) is 3.99. The molecule has 0 radical (unpaired) electrons. The van der Waals surface area contributed by atoms with E-state index in [9.17, 15) is 28.4 Å². The predicted octanol–water partition coefficient (Wildman–Crippen LogP) is 4.16. The number of amides is 5. The van der Waals surface area contributed by atoms with E-state index in [1.165, 1.54) is 17.0 Å². The van der Waals surface area contributed by atoms with Crippen LogP contribution in [0.3, 0.4) is 0 Å². The maximum Gasteiger partial charge on any atom is 0.255 e. The van der Waals surface area contributed by atoms with Gasteiger partial charge in [-0.05, 0) is 73.2 Å². The van der Waals surface area contributed by atoms with E-state index in [-0.39, 0.29) is 54.5 Å². The monoisotopic (exact) mass is 876 g/mol. The van der Waals surface area contributed by atoms with Crippen molar-refractivity contribution < 1.29 is 33.1 Å². The number of halogens is 2. The molecule has 63 heavy (non-hydrogen) atoms. The van der Waals surface area contributed by atoms with Gasteiger partial charge in [-0.3, -0.25) is 33.9 Å². The number of carbonyl (C=O) groups excluding carboxylic acids is 5. The summed E-state index contributed by atoms with van der Waals surface area (Å²) in [7, 11) is 0. The molecule has 324 valence electrons. The number of unbranched alkanes of at least 4 members (excludes halogenated alkanes) is 1. The van der Waals surface area contributed by atoms with Crippen molar-refractivity contribution in [3.05, 3.63) is 94.3 Å². The van der Waals surface area contributed by atoms with Crippen LogP contribution in [-0.4, -0.2) is 103 Å². The van der Waals surface area contributed by atoms with Crippen LogP contribution >= 0.6 is 11.6 Å². The third-order valence-electron chi connectivity index (χ3n) is 11.3. The number of rotatable bonds is 14. The number of benzene rings is 3. The molecule has 6 heterocycles. The van der Waals surface area contributed by atoms with Crippen LogP contribution in [0.2, 0.25) is 5.02 Å². The molecule has 0 bridgehead atoms. The van der Waals surface area contributed by atoms with Gasteiger partial charge in [-0.25, -0.2) is 14.4 Å². The minimum atomic E-state index is -0.685. The Bertz CT molecular complexity index is 2790. The number of hydrogen-bond acceptors (Lipinski definition) is 12. The summed E-state index contributed by atoms with van der Waals surface area (Å²) in [5.74, 6) is -0.648. The van der Waals surface area contributed by atoms with Crippen LogP contribution in [0, 0.1) is 5.82 Å². The number of nitrogens with zero attached hydrogens (tertiary/aromatic N) is 7. The van der Waals surface area contributed by atoms with Crippen molar-refractivity contribution >= 4 is 80.8 Å². The van der Waals surface area contributed by atoms with Crippen molar-refractivity contribution in [2.45, 2.75) is 57.7 Å². The van der Waals surface area contributed by atoms with Gasteiger partial charge in [0.05, 0.1) is 53.7 Å². The Morgan fingerprint density at radius 3 is 2.65 bits per heavy atom. The van der Waals surface area contributed by atoms with Crippen molar-refractivity contribution in [3.63, 3.8) is 0 Å². The predicted molar refractivity (Wildman–Crippen MR) is 230 cm³/mol. The number of aryl methyl sites for hydroxylation is 1. The summed E-state index contributed by atoms with van der Waals surface area (Å²) in [6.45, 7) is 2.53. The van der Waals surface area contributed by atoms with Crippen LogP contribution in [0.4, 0.5) is 21.8 Å². The molecule has 18 nitrogen and oxygen atoms in total. The van der Waals surface area contributed by atoms with Crippen molar-refractivity contribution in [1.82, 2.24) is 45.0 Å². The molecular formula is C43H42ClFN12O6. The van der Waals surface area contributed by atoms with Gasteiger partial charge >= 0.3 is 0 Å². The summed E-state index contributed by atoms with van der Waals surface area (Å²) in [5, 5.41) is 11.3. The number of aromatic nitrogens is 6. The number of ether oxygens (including phenoxy) is 1. The minimum Gasteiger partial charge on any atom is -0.378 e. The van der Waals surface area contributed by atoms with E-state index in [4.69, 9.17) is 31.3 Å². The lowest BCUT2D eigenvalue weighted by Gasteiger charge is -2.29. The molecule has 5 N–H and O–H groups in total. The maximum absolute atomic E-state index is 14.2. The average molecular weight is 877 g/mol. The lowest BCUT2D eigenvalue weighted by atomic mass is 9.98. The van der Waals surface area contributed by atoms with E-state index in [0.717, 1.165) is 11.1 Å². The second-order valence-corrected chi connectivity index (χ2v) is 15.9. The third kappa shape index (κ3) is 8.87. The van der Waals surface area contributed by atoms with Crippen LogP contribution in [0.15, 0.2) is 60.9 Å². The summed E-state index contributed by atoms with van der Waals surface area (Å²) in [5.41, 5.74) is 5.46. The molecular weight excluding hydrogens is 835 g/mol. The van der Waals surface area contributed by atoms with Crippen LogP contribution < -0.4 is 26.2 Å². The summed E-state index contributed by atoms with van der Waals surface area (Å²) in [4.78, 5) is 88.5. The normalized spacial score (nSPS) is 16.4. The third-order valence-corrected chi connectivity index (χ3v) is 11.6. The number of imidazole rings is 2. The Morgan fingerprint density at radius 1 is 0.984 bits per heavy atom. The molecule has 3 aliphatic rings. The fourth-order valence-electron chi connectivity index (χ4n) is 8.11. The number of aromatic amines is 1. The van der Waals surface area contributed by atoms with Gasteiger partial charge in [0, 0.05) is 38.0 Å². The number of carbonyl (C=O) groups is 5. The number of piperidine rings is 1. The van der Waals surface area contributed by atoms with Crippen molar-refractivity contribution in [2.24, 2.45) is 0 Å². The van der Waals surface area contributed by atoms with Gasteiger partial charge in [-0.1, -0.05) is 29.8 Å². The molecule has 2 saturated heterocycles. The number of nitrogens with one attached hydrogen (secondary N) is 5. The lowest BCUT2D eigenvalue weighted by molar-refractivity contribution is -0.137. The quantitative estimate of drug-likeness (QED) is 0.0770. The van der Waals surface area contributed by atoms with Crippen molar-refractivity contribution in [2.75, 3.05) is 48.4 Å². The Balaban J connectivity index is 0.780. The molecule has 9 rings (SSSR count). The number of imide groups is 1. The van der Waals surface area contributed by atoms with Crippen LogP contribution in [-0.2, 0) is 43.4 Å². The zero-order chi connectivity index (χ0) is 43.6. The Kier molecular flexibility index (Phi) is 11.7. The SMILES string of the molecule is O=C(CCCCc1cccc2c1CN(C1CCC(=O)NC1=O)C2=O)NCC(=O)Nc1cc2nc(CNc3nc(N4CCOCC4)nc4c3ncn4-c3cccc(F)c3)[nH]c2cc1Cl. The summed E-state index contributed by atoms with van der Waals surface area (Å²) in [6, 6.07) is 14.3. The van der Waals surface area contributed by atoms with Crippen LogP contribution in [0.5, 0.6) is 0 Å². The van der Waals surface area contributed by atoms with Gasteiger partial charge in [-0.2, -0.15) is 9.97 Å². The topological polar surface area (TPSA) is 221 Å². The van der Waals surface area contributed by atoms with E-state index < -0.39 is 17.9 Å². The van der Waals surface area contributed by atoms with E-state index in [1.54, 1.807) is 41.2 Å². The number of fused-ring (bicyclic) bond motifs is 3. The fourth-order valence-corrected chi connectivity index (χ4v) is 8.32. The standard InChI is InChI=1S/C43H42ClFN12O6/c44-29-18-31-32(50-34(49-31)20-47-39-38-40(54-43(53-39)55-13-15-63-16-14-55)57(23-48-38)26-8-4-7-25(45)17-26)19-30(29)51-37(60)21-46-35(58)10-2-1-5-24-6-3-9-27-28(24)22-56(42(27)62)33-11-12-36(59)52-41(33)61/h3-4,6-9,17-19,23,33H,1-2,5,10-16,20-22H2,(H,46,58)(H,49,50)(H,51,60)(H,47,53,54)(H,52,59,61). The van der Waals surface area contributed by atoms with Gasteiger partial charge in [-0.15, -0.1) is 0 Å². The zero-order valence-electron chi connectivity index (χ0n) is 33.9. The van der Waals surface area contributed by atoms with Gasteiger partial charge in [0.1, 0.15) is 24.0 Å². The molecule has 0 spiro atoms. The molecule has 20 heteroatoms. The number of anilines is 3.